The summed E-state index contributed by atoms with van der Waals surface area (Å²) < 4.78 is 5.61. The Morgan fingerprint density at radius 2 is 1.88 bits per heavy atom. The highest BCUT2D eigenvalue weighted by Gasteiger charge is 2.30. The molecule has 0 unspecified atom stereocenters. The summed E-state index contributed by atoms with van der Waals surface area (Å²) in [6.07, 6.45) is 0.339. The van der Waals surface area contributed by atoms with Crippen LogP contribution in [-0.2, 0) is 9.53 Å². The third-order valence-electron chi connectivity index (χ3n) is 3.45. The fourth-order valence-electron chi connectivity index (χ4n) is 1.75. The number of carbonyl (C=O) groups is 2. The second-order valence-electron chi connectivity index (χ2n) is 4.43. The van der Waals surface area contributed by atoms with Gasteiger partial charge in [0.1, 0.15) is 0 Å². The van der Waals surface area contributed by atoms with Crippen LogP contribution in [0.3, 0.4) is 0 Å². The van der Waals surface area contributed by atoms with Gasteiger partial charge >= 0.3 is 6.09 Å². The largest absolute Gasteiger partial charge is 1.00 e. The lowest BCUT2D eigenvalue weighted by molar-refractivity contribution is -0.906. The molecular weight excluding hydrogens is 335 g/mol. The minimum atomic E-state index is -0.493. The van der Waals surface area contributed by atoms with Crippen molar-refractivity contribution in [3.63, 3.8) is 0 Å². The third-order valence-corrected chi connectivity index (χ3v) is 3.45. The van der Waals surface area contributed by atoms with Gasteiger partial charge in [-0.15, -0.1) is 0 Å². The molecule has 0 aliphatic carbocycles. The Kier molecular flexibility index (Phi) is 6.99. The van der Waals surface area contributed by atoms with Crippen LogP contribution < -0.4 is 24.0 Å². The topological polar surface area (TPSA) is 46.6 Å². The number of hydrogen-bond donors (Lipinski definition) is 0. The number of quaternary nitrogens is 1. The molecule has 0 aromatic heterocycles. The molecule has 0 bridgehead atoms. The van der Waals surface area contributed by atoms with Crippen LogP contribution in [0.1, 0.15) is 20.3 Å². The quantitative estimate of drug-likeness (QED) is 0.403. The number of carbonyl (C=O) groups excluding carboxylic acids is 2. The Labute approximate surface area is 120 Å². The van der Waals surface area contributed by atoms with Crippen molar-refractivity contribution in [2.45, 2.75) is 20.3 Å². The van der Waals surface area contributed by atoms with Crippen LogP contribution >= 0.6 is 0 Å². The van der Waals surface area contributed by atoms with Crippen LogP contribution in [0.4, 0.5) is 4.79 Å². The van der Waals surface area contributed by atoms with Gasteiger partial charge in [-0.2, -0.15) is 0 Å². The number of ether oxygens (including phenoxy) is 1. The van der Waals surface area contributed by atoms with E-state index in [1.54, 1.807) is 0 Å². The lowest BCUT2D eigenvalue weighted by Crippen LogP contribution is -3.00. The van der Waals surface area contributed by atoms with Gasteiger partial charge in [-0.3, -0.25) is 4.79 Å². The smallest absolute Gasteiger partial charge is 0.417 e. The molecule has 17 heavy (non-hydrogen) atoms. The first-order valence-corrected chi connectivity index (χ1v) is 5.83. The highest BCUT2D eigenvalue weighted by atomic mass is 127. The average molecular weight is 356 g/mol. The van der Waals surface area contributed by atoms with Gasteiger partial charge in [0.05, 0.1) is 26.7 Å². The Balaban J connectivity index is 0.00000256. The lowest BCUT2D eigenvalue weighted by atomic mass is 10.3. The molecule has 6 heteroatoms. The van der Waals surface area contributed by atoms with Crippen molar-refractivity contribution < 1.29 is 42.8 Å². The Morgan fingerprint density at radius 3 is 2.29 bits per heavy atom. The standard InChI is InChI=1S/C11H21N2O3.HI/c1-4-13(3,5-2)8-6-7-12-10(14)9-16-11(12)15;/h4-9H2,1-3H3;1H/q+1;/p-1. The van der Waals surface area contributed by atoms with Crippen molar-refractivity contribution in [1.29, 1.82) is 0 Å². The maximum atomic E-state index is 11.3. The van der Waals surface area contributed by atoms with Gasteiger partial charge in [0, 0.05) is 13.0 Å². The molecule has 1 rings (SSSR count). The zero-order valence-electron chi connectivity index (χ0n) is 10.7. The van der Waals surface area contributed by atoms with E-state index < -0.39 is 6.09 Å². The predicted molar refractivity (Wildman–Crippen MR) is 59.8 cm³/mol. The van der Waals surface area contributed by atoms with E-state index >= 15 is 0 Å². The molecular formula is C11H21IN2O3. The zero-order valence-corrected chi connectivity index (χ0v) is 12.9. The van der Waals surface area contributed by atoms with Crippen LogP contribution in [0, 0.1) is 0 Å². The Morgan fingerprint density at radius 1 is 1.29 bits per heavy atom. The molecule has 1 aliphatic heterocycles. The van der Waals surface area contributed by atoms with Crippen LogP contribution in [0.5, 0.6) is 0 Å². The van der Waals surface area contributed by atoms with E-state index in [-0.39, 0.29) is 36.5 Å². The van der Waals surface area contributed by atoms with Crippen molar-refractivity contribution in [2.75, 3.05) is 39.8 Å². The number of hydrogen-bond acceptors (Lipinski definition) is 3. The average Bonchev–Trinajstić information content (AvgIpc) is 2.60. The summed E-state index contributed by atoms with van der Waals surface area (Å²) >= 11 is 0. The van der Waals surface area contributed by atoms with Crippen LogP contribution in [0.25, 0.3) is 0 Å². The van der Waals surface area contributed by atoms with E-state index in [4.69, 9.17) is 0 Å². The van der Waals surface area contributed by atoms with Crippen LogP contribution in [0.2, 0.25) is 0 Å². The lowest BCUT2D eigenvalue weighted by Gasteiger charge is -2.32. The highest BCUT2D eigenvalue weighted by Crippen LogP contribution is 2.08. The monoisotopic (exact) mass is 356 g/mol. The number of nitrogens with zero attached hydrogens (tertiary/aromatic N) is 2. The number of cyclic esters (lactones) is 1. The molecule has 0 saturated carbocycles. The predicted octanol–water partition coefficient (Wildman–Crippen LogP) is -2.15. The molecule has 1 fully saturated rings. The summed E-state index contributed by atoms with van der Waals surface area (Å²) in [5.74, 6) is -0.216. The van der Waals surface area contributed by atoms with E-state index in [9.17, 15) is 9.59 Å². The Bertz CT molecular complexity index is 264. The molecule has 0 aromatic rings. The second kappa shape index (κ2) is 7.15. The molecule has 5 nitrogen and oxygen atoms in total. The zero-order chi connectivity index (χ0) is 12.2. The second-order valence-corrected chi connectivity index (χ2v) is 4.43. The molecule has 0 radical (unpaired) electrons. The molecule has 1 saturated heterocycles. The van der Waals surface area contributed by atoms with Gasteiger partial charge in [0.15, 0.2) is 6.61 Å². The van der Waals surface area contributed by atoms with Crippen molar-refractivity contribution in [2.24, 2.45) is 0 Å². The number of rotatable bonds is 6. The molecule has 100 valence electrons. The third kappa shape index (κ3) is 4.42. The van der Waals surface area contributed by atoms with Crippen molar-refractivity contribution in [1.82, 2.24) is 4.90 Å². The summed E-state index contributed by atoms with van der Waals surface area (Å²) in [4.78, 5) is 23.6. The van der Waals surface area contributed by atoms with E-state index in [2.05, 4.69) is 25.6 Å². The van der Waals surface area contributed by atoms with Gasteiger partial charge < -0.3 is 33.2 Å². The summed E-state index contributed by atoms with van der Waals surface area (Å²) in [5.41, 5.74) is 0. The molecule has 1 aliphatic rings. The van der Waals surface area contributed by atoms with Crippen LogP contribution in [-0.4, -0.2) is 61.2 Å². The van der Waals surface area contributed by atoms with Gasteiger partial charge in [-0.1, -0.05) is 0 Å². The fourth-order valence-corrected chi connectivity index (χ4v) is 1.75. The maximum Gasteiger partial charge on any atom is 0.417 e. The SMILES string of the molecule is CC[N+](C)(CC)CCCN1C(=O)COC1=O.[I-]. The van der Waals surface area contributed by atoms with Crippen LogP contribution in [0.15, 0.2) is 0 Å². The van der Waals surface area contributed by atoms with Gasteiger partial charge in [-0.25, -0.2) is 9.69 Å². The Hall–Kier alpha value is -0.370. The molecule has 1 heterocycles. The number of halogens is 1. The van der Waals surface area contributed by atoms with E-state index in [0.717, 1.165) is 30.5 Å². The summed E-state index contributed by atoms with van der Waals surface area (Å²) in [6.45, 7) is 7.80. The molecule has 2 amide bonds. The minimum absolute atomic E-state index is 0. The molecule has 0 N–H and O–H groups in total. The highest BCUT2D eigenvalue weighted by molar-refractivity contribution is 5.97. The van der Waals surface area contributed by atoms with Crippen molar-refractivity contribution in [3.8, 4) is 0 Å². The molecule has 0 atom stereocenters. The van der Waals surface area contributed by atoms with E-state index in [0.29, 0.717) is 6.54 Å². The van der Waals surface area contributed by atoms with Gasteiger partial charge in [0.25, 0.3) is 5.91 Å². The number of imide groups is 1. The molecule has 0 spiro atoms. The van der Waals surface area contributed by atoms with E-state index in [1.807, 2.05) is 0 Å². The summed E-state index contributed by atoms with van der Waals surface area (Å²) in [6, 6.07) is 0. The number of amides is 2. The fraction of sp³-hybridized carbons (Fsp3) is 0.818. The van der Waals surface area contributed by atoms with E-state index in [1.165, 1.54) is 4.90 Å². The first-order chi connectivity index (χ1) is 7.52. The normalized spacial score (nSPS) is 15.8. The van der Waals surface area contributed by atoms with Crippen molar-refractivity contribution >= 4 is 12.0 Å². The first kappa shape index (κ1) is 16.6. The van der Waals surface area contributed by atoms with Crippen molar-refractivity contribution in [3.05, 3.63) is 0 Å². The summed E-state index contributed by atoms with van der Waals surface area (Å²) in [7, 11) is 2.18. The van der Waals surface area contributed by atoms with Gasteiger partial charge in [-0.05, 0) is 13.8 Å². The minimum Gasteiger partial charge on any atom is -1.00 e. The summed E-state index contributed by atoms with van der Waals surface area (Å²) in [5, 5.41) is 0. The van der Waals surface area contributed by atoms with Gasteiger partial charge in [0.2, 0.25) is 0 Å². The first-order valence-electron chi connectivity index (χ1n) is 5.83. The molecule has 0 aromatic carbocycles. The maximum absolute atomic E-state index is 11.3.